The van der Waals surface area contributed by atoms with E-state index >= 15 is 0 Å². The molecule has 9 rings (SSSR count). The van der Waals surface area contributed by atoms with Crippen molar-refractivity contribution in [2.75, 3.05) is 13.7 Å². The predicted octanol–water partition coefficient (Wildman–Crippen LogP) is 8.01. The number of H-pyrrole nitrogens is 1. The number of thiazole rings is 1. The Labute approximate surface area is 337 Å². The molecule has 2 amide bonds. The van der Waals surface area contributed by atoms with Crippen LogP contribution in [0.15, 0.2) is 48.8 Å². The number of fused-ring (bicyclic) bond motifs is 5. The van der Waals surface area contributed by atoms with Gasteiger partial charge in [-0.25, -0.2) is 14.8 Å². The smallest absolute Gasteiger partial charge is 0.464 e. The van der Waals surface area contributed by atoms with Gasteiger partial charge in [0.1, 0.15) is 17.6 Å². The summed E-state index contributed by atoms with van der Waals surface area (Å²) in [7, 11) is 0.839. The molecule has 1 saturated carbocycles. The molecule has 2 N–H and O–H groups in total. The fraction of sp³-hybridized carbons (Fsp3) is 0.488. The van der Waals surface area contributed by atoms with Crippen LogP contribution in [0.5, 0.6) is 5.75 Å². The highest BCUT2D eigenvalue weighted by Crippen LogP contribution is 2.49. The van der Waals surface area contributed by atoms with Gasteiger partial charge in [0.05, 0.1) is 57.3 Å². The summed E-state index contributed by atoms with van der Waals surface area (Å²) in [6.45, 7) is 14.9. The van der Waals surface area contributed by atoms with Crippen LogP contribution >= 0.6 is 11.3 Å². The molecule has 14 heteroatoms. The van der Waals surface area contributed by atoms with Crippen LogP contribution in [0.4, 0.5) is 4.79 Å². The number of amides is 2. The van der Waals surface area contributed by atoms with Crippen LogP contribution < -0.4 is 15.5 Å². The highest BCUT2D eigenvalue weighted by Gasteiger charge is 2.52. The van der Waals surface area contributed by atoms with Crippen molar-refractivity contribution >= 4 is 46.8 Å². The van der Waals surface area contributed by atoms with Gasteiger partial charge in [0, 0.05) is 35.2 Å². The summed E-state index contributed by atoms with van der Waals surface area (Å²) in [6.07, 6.45) is 8.05. The van der Waals surface area contributed by atoms with Crippen molar-refractivity contribution in [3.63, 3.8) is 0 Å². The van der Waals surface area contributed by atoms with E-state index in [0.717, 1.165) is 73.7 Å². The molecule has 57 heavy (non-hydrogen) atoms. The summed E-state index contributed by atoms with van der Waals surface area (Å²) >= 11 is 1.75. The lowest BCUT2D eigenvalue weighted by atomic mass is 9.78. The van der Waals surface area contributed by atoms with Gasteiger partial charge in [-0.3, -0.25) is 9.36 Å². The minimum absolute atomic E-state index is 0.113. The Kier molecular flexibility index (Phi) is 9.32. The standard InChI is InChI=1S/C43H51BN6O6S/c1-23(2)36(48-41(52)53-8)39(51)49-16-10-13-31(49)37-45-21-29(47-37)26-17-24(3)35-32-19-27-18-28(44-55-42(4,5)43(6,7)56-44)14-15-30(27)50(32)40(54-33(35)20-26)34-22-46-38(57-34)25-11-9-12-25/h14-15,17-23,25,31,36,40H,9-13,16H2,1-8H3,(H,45,47)(H,48,52). The maximum Gasteiger partial charge on any atom is 0.494 e. The zero-order valence-electron chi connectivity index (χ0n) is 34.0. The number of nitrogens with zero attached hydrogens (tertiary/aromatic N) is 4. The minimum Gasteiger partial charge on any atom is -0.464 e. The number of ether oxygens (including phenoxy) is 2. The van der Waals surface area contributed by atoms with Crippen molar-refractivity contribution in [3.05, 3.63) is 70.1 Å². The van der Waals surface area contributed by atoms with Crippen LogP contribution in [0.25, 0.3) is 33.4 Å². The molecule has 2 aromatic carbocycles. The van der Waals surface area contributed by atoms with E-state index in [9.17, 15) is 9.59 Å². The number of carbonyl (C=O) groups excluding carboxylic acids is 2. The van der Waals surface area contributed by atoms with E-state index in [1.807, 2.05) is 31.1 Å². The van der Waals surface area contributed by atoms with Crippen LogP contribution in [-0.2, 0) is 18.8 Å². The number of benzene rings is 2. The number of imidazole rings is 1. The molecule has 5 aromatic rings. The molecular formula is C43H51BN6O6S. The molecule has 2 saturated heterocycles. The van der Waals surface area contributed by atoms with Gasteiger partial charge in [0.15, 0.2) is 0 Å². The zero-order valence-corrected chi connectivity index (χ0v) is 34.8. The normalized spacial score (nSPS) is 21.6. The number of alkyl carbamates (subject to hydrolysis) is 1. The first kappa shape index (κ1) is 37.9. The molecule has 3 aliphatic heterocycles. The van der Waals surface area contributed by atoms with Gasteiger partial charge in [-0.05, 0) is 102 Å². The van der Waals surface area contributed by atoms with Crippen LogP contribution in [-0.4, -0.2) is 74.4 Å². The molecule has 0 radical (unpaired) electrons. The third-order valence-electron chi connectivity index (χ3n) is 12.8. The number of aryl methyl sites for hydroxylation is 1. The number of methoxy groups -OCH3 is 1. The molecule has 3 aromatic heterocycles. The number of aromatic amines is 1. The maximum atomic E-state index is 13.8. The second-order valence-corrected chi connectivity index (χ2v) is 18.5. The number of carbonyl (C=O) groups is 2. The van der Waals surface area contributed by atoms with Gasteiger partial charge >= 0.3 is 13.2 Å². The van der Waals surface area contributed by atoms with E-state index < -0.39 is 36.7 Å². The molecule has 1 aliphatic carbocycles. The van der Waals surface area contributed by atoms with E-state index in [1.165, 1.54) is 31.4 Å². The average molecular weight is 791 g/mol. The lowest BCUT2D eigenvalue weighted by Crippen LogP contribution is -2.51. The van der Waals surface area contributed by atoms with Crippen molar-refractivity contribution in [1.82, 2.24) is 29.7 Å². The number of aromatic nitrogens is 4. The molecule has 3 fully saturated rings. The Morgan fingerprint density at radius 2 is 1.79 bits per heavy atom. The van der Waals surface area contributed by atoms with Gasteiger partial charge < -0.3 is 34.0 Å². The van der Waals surface area contributed by atoms with E-state index in [2.05, 4.69) is 85.9 Å². The lowest BCUT2D eigenvalue weighted by Gasteiger charge is -2.32. The van der Waals surface area contributed by atoms with Crippen LogP contribution in [0, 0.1) is 12.8 Å². The fourth-order valence-electron chi connectivity index (χ4n) is 8.62. The molecule has 0 bridgehead atoms. The van der Waals surface area contributed by atoms with Crippen molar-refractivity contribution in [2.24, 2.45) is 5.92 Å². The molecule has 12 nitrogen and oxygen atoms in total. The topological polar surface area (TPSA) is 133 Å². The largest absolute Gasteiger partial charge is 0.494 e. The molecule has 3 atom stereocenters. The molecule has 3 unspecified atom stereocenters. The summed E-state index contributed by atoms with van der Waals surface area (Å²) in [5, 5.41) is 5.00. The Morgan fingerprint density at radius 1 is 1.02 bits per heavy atom. The minimum atomic E-state index is -0.699. The predicted molar refractivity (Wildman–Crippen MR) is 221 cm³/mol. The number of hydrogen-bond acceptors (Lipinski definition) is 9. The highest BCUT2D eigenvalue weighted by atomic mass is 32.1. The lowest BCUT2D eigenvalue weighted by molar-refractivity contribution is -0.135. The monoisotopic (exact) mass is 790 g/mol. The van der Waals surface area contributed by atoms with E-state index in [0.29, 0.717) is 12.5 Å². The molecule has 298 valence electrons. The summed E-state index contributed by atoms with van der Waals surface area (Å²) in [4.78, 5) is 42.1. The quantitative estimate of drug-likeness (QED) is 0.151. The number of likely N-dealkylation sites (tertiary alicyclic amines) is 1. The summed E-state index contributed by atoms with van der Waals surface area (Å²) < 4.78 is 27.1. The Hall–Kier alpha value is -4.66. The molecule has 6 heterocycles. The fourth-order valence-corrected chi connectivity index (χ4v) is 9.73. The van der Waals surface area contributed by atoms with E-state index in [4.69, 9.17) is 28.8 Å². The van der Waals surface area contributed by atoms with Gasteiger partial charge in [0.25, 0.3) is 0 Å². The zero-order chi connectivity index (χ0) is 40.0. The van der Waals surface area contributed by atoms with Crippen LogP contribution in [0.1, 0.15) is 113 Å². The average Bonchev–Trinajstić information content (AvgIpc) is 3.98. The first-order valence-electron chi connectivity index (χ1n) is 20.2. The van der Waals surface area contributed by atoms with Gasteiger partial charge in [-0.15, -0.1) is 11.3 Å². The summed E-state index contributed by atoms with van der Waals surface area (Å²) in [5.74, 6) is 1.78. The Bertz CT molecular complexity index is 2360. The SMILES string of the molecule is COC(=O)NC(C(=O)N1CCCC1c1ncc(-c2cc(C)c3c(c2)OC(c2cnc(C4CCC4)s2)n2c-3cc3cc(B4OC(C)(C)C(C)(C)O4)ccc32)[nH]1)C(C)C. The van der Waals surface area contributed by atoms with Gasteiger partial charge in [0.2, 0.25) is 12.1 Å². The Balaban J connectivity index is 1.07. The third-order valence-corrected chi connectivity index (χ3v) is 14.0. The van der Waals surface area contributed by atoms with Crippen molar-refractivity contribution in [3.8, 4) is 28.3 Å². The first-order chi connectivity index (χ1) is 27.2. The van der Waals surface area contributed by atoms with E-state index in [1.54, 1.807) is 11.3 Å². The van der Waals surface area contributed by atoms with Crippen molar-refractivity contribution in [1.29, 1.82) is 0 Å². The highest BCUT2D eigenvalue weighted by molar-refractivity contribution is 7.11. The second-order valence-electron chi connectivity index (χ2n) is 17.4. The van der Waals surface area contributed by atoms with Crippen molar-refractivity contribution in [2.45, 2.75) is 116 Å². The molecule has 0 spiro atoms. The molecular weight excluding hydrogens is 739 g/mol. The number of rotatable bonds is 8. The number of hydrogen-bond donors (Lipinski definition) is 2. The van der Waals surface area contributed by atoms with Crippen LogP contribution in [0.2, 0.25) is 0 Å². The third kappa shape index (κ3) is 6.44. The molecule has 4 aliphatic rings. The second kappa shape index (κ2) is 14.0. The van der Waals surface area contributed by atoms with Gasteiger partial charge in [-0.1, -0.05) is 32.4 Å². The van der Waals surface area contributed by atoms with Crippen LogP contribution in [0.3, 0.4) is 0 Å². The first-order valence-corrected chi connectivity index (χ1v) is 21.0. The Morgan fingerprint density at radius 3 is 2.49 bits per heavy atom. The van der Waals surface area contributed by atoms with Crippen molar-refractivity contribution < 1.29 is 28.4 Å². The summed E-state index contributed by atoms with van der Waals surface area (Å²) in [6, 6.07) is 12.1. The number of nitrogens with one attached hydrogen (secondary N) is 2. The van der Waals surface area contributed by atoms with Gasteiger partial charge in [-0.2, -0.15) is 0 Å². The van der Waals surface area contributed by atoms with E-state index in [-0.39, 0.29) is 17.9 Å². The maximum absolute atomic E-state index is 13.8. The summed E-state index contributed by atoms with van der Waals surface area (Å²) in [5.41, 5.74) is 6.14.